The minimum absolute atomic E-state index is 0.0986. The Hall–Kier alpha value is -2.57. The highest BCUT2D eigenvalue weighted by Crippen LogP contribution is 2.05. The van der Waals surface area contributed by atoms with E-state index in [-0.39, 0.29) is 6.61 Å². The van der Waals surface area contributed by atoms with Gasteiger partial charge < -0.3 is 20.5 Å². The molecular formula is C19H28N2O5. The summed E-state index contributed by atoms with van der Waals surface area (Å²) in [7, 11) is 0. The number of carboxylic acids is 1. The van der Waals surface area contributed by atoms with Gasteiger partial charge in [-0.1, -0.05) is 63.4 Å². The van der Waals surface area contributed by atoms with Crippen molar-refractivity contribution in [1.29, 1.82) is 0 Å². The molecule has 0 aromatic heterocycles. The SMILES string of the molecule is CCCC[C@H](NC(=O)[C@H](CCC)NC(=O)OCc1ccccc1)C(=O)O. The Labute approximate surface area is 154 Å². The van der Waals surface area contributed by atoms with E-state index in [1.165, 1.54) is 0 Å². The number of carbonyl (C=O) groups excluding carboxylic acids is 2. The predicted octanol–water partition coefficient (Wildman–Crippen LogP) is 2.84. The zero-order valence-corrected chi connectivity index (χ0v) is 15.4. The van der Waals surface area contributed by atoms with E-state index in [9.17, 15) is 19.5 Å². The van der Waals surface area contributed by atoms with Crippen LogP contribution in [0.2, 0.25) is 0 Å². The standard InChI is InChI=1S/C19H28N2O5/c1-3-5-12-16(18(23)24)20-17(22)15(9-4-2)21-19(25)26-13-14-10-7-6-8-11-14/h6-8,10-11,15-16H,3-5,9,12-13H2,1-2H3,(H,20,22)(H,21,25)(H,23,24)/t15-,16-/m0/s1. The first-order chi connectivity index (χ1) is 12.5. The number of hydrogen-bond donors (Lipinski definition) is 3. The average Bonchev–Trinajstić information content (AvgIpc) is 2.63. The zero-order chi connectivity index (χ0) is 19.4. The number of hydrogen-bond acceptors (Lipinski definition) is 4. The maximum Gasteiger partial charge on any atom is 0.408 e. The number of nitrogens with one attached hydrogen (secondary N) is 2. The third-order valence-corrected chi connectivity index (χ3v) is 3.86. The Morgan fingerprint density at radius 3 is 2.27 bits per heavy atom. The second kappa shape index (κ2) is 11.9. The summed E-state index contributed by atoms with van der Waals surface area (Å²) < 4.78 is 5.13. The van der Waals surface area contributed by atoms with Crippen LogP contribution >= 0.6 is 0 Å². The molecule has 0 aliphatic rings. The van der Waals surface area contributed by atoms with E-state index in [4.69, 9.17) is 4.74 Å². The first-order valence-corrected chi connectivity index (χ1v) is 8.98. The molecule has 1 aromatic carbocycles. The summed E-state index contributed by atoms with van der Waals surface area (Å²) in [6.07, 6.45) is 2.23. The van der Waals surface area contributed by atoms with Gasteiger partial charge in [0.1, 0.15) is 18.7 Å². The van der Waals surface area contributed by atoms with Gasteiger partial charge in [0, 0.05) is 0 Å². The van der Waals surface area contributed by atoms with Crippen LogP contribution in [0, 0.1) is 0 Å². The quantitative estimate of drug-likeness (QED) is 0.560. The van der Waals surface area contributed by atoms with Crippen LogP contribution in [0.4, 0.5) is 4.79 Å². The number of carboxylic acid groups (broad SMARTS) is 1. The van der Waals surface area contributed by atoms with Gasteiger partial charge >= 0.3 is 12.1 Å². The first-order valence-electron chi connectivity index (χ1n) is 8.98. The highest BCUT2D eigenvalue weighted by atomic mass is 16.5. The molecule has 2 atom stereocenters. The number of benzene rings is 1. The normalized spacial score (nSPS) is 12.7. The van der Waals surface area contributed by atoms with Gasteiger partial charge in [-0.15, -0.1) is 0 Å². The lowest BCUT2D eigenvalue weighted by atomic mass is 10.1. The molecule has 0 unspecified atom stereocenters. The third kappa shape index (κ3) is 8.00. The molecule has 0 bridgehead atoms. The van der Waals surface area contributed by atoms with Crippen LogP contribution in [-0.2, 0) is 20.9 Å². The molecule has 0 saturated carbocycles. The fourth-order valence-corrected chi connectivity index (χ4v) is 2.40. The van der Waals surface area contributed by atoms with Gasteiger partial charge in [0.15, 0.2) is 0 Å². The van der Waals surface area contributed by atoms with Crippen LogP contribution in [0.3, 0.4) is 0 Å². The highest BCUT2D eigenvalue weighted by molar-refractivity contribution is 5.89. The molecule has 0 aliphatic heterocycles. The summed E-state index contributed by atoms with van der Waals surface area (Å²) in [4.78, 5) is 35.6. The Kier molecular flexibility index (Phi) is 9.82. The Bertz CT molecular complexity index is 577. The van der Waals surface area contributed by atoms with Crippen molar-refractivity contribution in [2.24, 2.45) is 0 Å². The van der Waals surface area contributed by atoms with Gasteiger partial charge in [-0.25, -0.2) is 9.59 Å². The van der Waals surface area contributed by atoms with Crippen molar-refractivity contribution in [2.75, 3.05) is 0 Å². The monoisotopic (exact) mass is 364 g/mol. The maximum absolute atomic E-state index is 12.4. The topological polar surface area (TPSA) is 105 Å². The molecule has 0 radical (unpaired) electrons. The van der Waals surface area contributed by atoms with E-state index < -0.39 is 30.1 Å². The first kappa shape index (κ1) is 21.5. The number of aliphatic carboxylic acids is 1. The van der Waals surface area contributed by atoms with Gasteiger partial charge in [-0.05, 0) is 18.4 Å². The van der Waals surface area contributed by atoms with E-state index in [0.717, 1.165) is 12.0 Å². The van der Waals surface area contributed by atoms with Gasteiger partial charge in [0.05, 0.1) is 0 Å². The van der Waals surface area contributed by atoms with E-state index in [0.29, 0.717) is 25.7 Å². The minimum atomic E-state index is -1.08. The molecule has 1 rings (SSSR count). The van der Waals surface area contributed by atoms with E-state index >= 15 is 0 Å². The van der Waals surface area contributed by atoms with E-state index in [2.05, 4.69) is 10.6 Å². The highest BCUT2D eigenvalue weighted by Gasteiger charge is 2.26. The van der Waals surface area contributed by atoms with Crippen molar-refractivity contribution in [2.45, 2.75) is 64.6 Å². The van der Waals surface area contributed by atoms with Crippen LogP contribution < -0.4 is 10.6 Å². The van der Waals surface area contributed by atoms with Crippen molar-refractivity contribution >= 4 is 18.0 Å². The van der Waals surface area contributed by atoms with Crippen LogP contribution in [0.1, 0.15) is 51.5 Å². The molecule has 0 fully saturated rings. The number of unbranched alkanes of at least 4 members (excludes halogenated alkanes) is 1. The molecule has 2 amide bonds. The summed E-state index contributed by atoms with van der Waals surface area (Å²) in [6, 6.07) is 7.42. The lowest BCUT2D eigenvalue weighted by Gasteiger charge is -2.21. The van der Waals surface area contributed by atoms with Crippen LogP contribution in [-0.4, -0.2) is 35.2 Å². The second-order valence-corrected chi connectivity index (χ2v) is 6.09. The molecule has 144 valence electrons. The number of amides is 2. The van der Waals surface area contributed by atoms with Crippen molar-refractivity contribution in [3.63, 3.8) is 0 Å². The van der Waals surface area contributed by atoms with Crippen molar-refractivity contribution in [1.82, 2.24) is 10.6 Å². The Balaban J connectivity index is 2.57. The summed E-state index contributed by atoms with van der Waals surface area (Å²) in [6.45, 7) is 3.93. The number of ether oxygens (including phenoxy) is 1. The lowest BCUT2D eigenvalue weighted by molar-refractivity contribution is -0.142. The number of rotatable bonds is 11. The molecule has 3 N–H and O–H groups in total. The molecular weight excluding hydrogens is 336 g/mol. The molecule has 0 aliphatic carbocycles. The van der Waals surface area contributed by atoms with Gasteiger partial charge in [0.2, 0.25) is 5.91 Å². The van der Waals surface area contributed by atoms with E-state index in [1.807, 2.05) is 44.2 Å². The summed E-state index contributed by atoms with van der Waals surface area (Å²) in [5.74, 6) is -1.58. The van der Waals surface area contributed by atoms with Crippen molar-refractivity contribution in [3.05, 3.63) is 35.9 Å². The van der Waals surface area contributed by atoms with Crippen LogP contribution in [0.5, 0.6) is 0 Å². The molecule has 0 saturated heterocycles. The second-order valence-electron chi connectivity index (χ2n) is 6.09. The van der Waals surface area contributed by atoms with Gasteiger partial charge in [-0.2, -0.15) is 0 Å². The molecule has 0 heterocycles. The number of alkyl carbamates (subject to hydrolysis) is 1. The number of carbonyl (C=O) groups is 3. The summed E-state index contributed by atoms with van der Waals surface area (Å²) >= 11 is 0. The Morgan fingerprint density at radius 1 is 1.00 bits per heavy atom. The van der Waals surface area contributed by atoms with E-state index in [1.54, 1.807) is 0 Å². The smallest absolute Gasteiger partial charge is 0.408 e. The molecule has 7 heteroatoms. The summed E-state index contributed by atoms with van der Waals surface area (Å²) in [5, 5.41) is 14.3. The molecule has 26 heavy (non-hydrogen) atoms. The molecule has 1 aromatic rings. The van der Waals surface area contributed by atoms with Crippen molar-refractivity contribution < 1.29 is 24.2 Å². The van der Waals surface area contributed by atoms with Crippen molar-refractivity contribution in [3.8, 4) is 0 Å². The van der Waals surface area contributed by atoms with Crippen LogP contribution in [0.15, 0.2) is 30.3 Å². The fraction of sp³-hybridized carbons (Fsp3) is 0.526. The zero-order valence-electron chi connectivity index (χ0n) is 15.4. The lowest BCUT2D eigenvalue weighted by Crippen LogP contribution is -2.51. The van der Waals surface area contributed by atoms with Gasteiger partial charge in [-0.3, -0.25) is 4.79 Å². The fourth-order valence-electron chi connectivity index (χ4n) is 2.40. The molecule has 7 nitrogen and oxygen atoms in total. The van der Waals surface area contributed by atoms with Gasteiger partial charge in [0.25, 0.3) is 0 Å². The predicted molar refractivity (Wildman–Crippen MR) is 97.6 cm³/mol. The van der Waals surface area contributed by atoms with Crippen LogP contribution in [0.25, 0.3) is 0 Å². The Morgan fingerprint density at radius 2 is 1.69 bits per heavy atom. The summed E-state index contributed by atoms with van der Waals surface area (Å²) in [5.41, 5.74) is 0.838. The third-order valence-electron chi connectivity index (χ3n) is 3.86. The molecule has 0 spiro atoms. The largest absolute Gasteiger partial charge is 0.480 e. The maximum atomic E-state index is 12.4. The average molecular weight is 364 g/mol. The minimum Gasteiger partial charge on any atom is -0.480 e.